The standard InChI is InChI=1S/C15H19N3OS/c1-10-9-16-15(17-10)13-4-3-7-18(13)14(19)8-12-6-5-11(2)20-12/h5-6,9,13H,3-4,7-8H2,1-2H3,(H,16,17). The van der Waals surface area contributed by atoms with Gasteiger partial charge in [-0.1, -0.05) is 0 Å². The largest absolute Gasteiger partial charge is 0.344 e. The van der Waals surface area contributed by atoms with Gasteiger partial charge in [-0.25, -0.2) is 4.98 Å². The highest BCUT2D eigenvalue weighted by Gasteiger charge is 2.31. The van der Waals surface area contributed by atoms with Gasteiger partial charge < -0.3 is 9.88 Å². The summed E-state index contributed by atoms with van der Waals surface area (Å²) in [7, 11) is 0. The first-order chi connectivity index (χ1) is 9.63. The number of aromatic nitrogens is 2. The molecule has 0 bridgehead atoms. The third-order valence-electron chi connectivity index (χ3n) is 3.73. The first-order valence-electron chi connectivity index (χ1n) is 7.00. The van der Waals surface area contributed by atoms with Gasteiger partial charge in [0.05, 0.1) is 12.5 Å². The van der Waals surface area contributed by atoms with Gasteiger partial charge in [-0.15, -0.1) is 11.3 Å². The highest BCUT2D eigenvalue weighted by atomic mass is 32.1. The Morgan fingerprint density at radius 1 is 1.50 bits per heavy atom. The summed E-state index contributed by atoms with van der Waals surface area (Å²) in [5, 5.41) is 0. The minimum atomic E-state index is 0.122. The number of carbonyl (C=O) groups excluding carboxylic acids is 1. The molecule has 1 amide bonds. The van der Waals surface area contributed by atoms with Crippen molar-refractivity contribution in [1.29, 1.82) is 0 Å². The van der Waals surface area contributed by atoms with Crippen LogP contribution >= 0.6 is 11.3 Å². The Kier molecular flexibility index (Phi) is 3.61. The van der Waals surface area contributed by atoms with Gasteiger partial charge in [-0.2, -0.15) is 0 Å². The predicted octanol–water partition coefficient (Wildman–Crippen LogP) is 2.99. The monoisotopic (exact) mass is 289 g/mol. The Balaban J connectivity index is 1.73. The molecular formula is C15H19N3OS. The molecule has 2 aromatic heterocycles. The molecule has 3 heterocycles. The van der Waals surface area contributed by atoms with Crippen LogP contribution in [0.4, 0.5) is 0 Å². The molecular weight excluding hydrogens is 270 g/mol. The van der Waals surface area contributed by atoms with Crippen LogP contribution in [0, 0.1) is 13.8 Å². The van der Waals surface area contributed by atoms with Gasteiger partial charge in [0.25, 0.3) is 0 Å². The second kappa shape index (κ2) is 5.40. The first-order valence-corrected chi connectivity index (χ1v) is 7.81. The zero-order valence-electron chi connectivity index (χ0n) is 11.8. The lowest BCUT2D eigenvalue weighted by Gasteiger charge is -2.23. The normalized spacial score (nSPS) is 18.7. The van der Waals surface area contributed by atoms with Crippen molar-refractivity contribution in [3.8, 4) is 0 Å². The molecule has 20 heavy (non-hydrogen) atoms. The lowest BCUT2D eigenvalue weighted by Crippen LogP contribution is -2.32. The number of likely N-dealkylation sites (tertiary alicyclic amines) is 1. The van der Waals surface area contributed by atoms with Crippen LogP contribution in [-0.2, 0) is 11.2 Å². The number of nitrogens with zero attached hydrogens (tertiary/aromatic N) is 2. The molecule has 106 valence electrons. The van der Waals surface area contributed by atoms with E-state index >= 15 is 0 Å². The van der Waals surface area contributed by atoms with Gasteiger partial charge in [-0.05, 0) is 38.8 Å². The van der Waals surface area contributed by atoms with Crippen LogP contribution in [-0.4, -0.2) is 27.3 Å². The third kappa shape index (κ3) is 2.63. The fourth-order valence-electron chi connectivity index (χ4n) is 2.78. The maximum absolute atomic E-state index is 12.5. The summed E-state index contributed by atoms with van der Waals surface area (Å²) in [5.74, 6) is 1.14. The summed E-state index contributed by atoms with van der Waals surface area (Å²) in [6.45, 7) is 4.91. The lowest BCUT2D eigenvalue weighted by atomic mass is 10.2. The molecule has 1 saturated heterocycles. The molecule has 1 fully saturated rings. The number of imidazole rings is 1. The number of hydrogen-bond donors (Lipinski definition) is 1. The van der Waals surface area contributed by atoms with E-state index in [1.165, 1.54) is 4.88 Å². The zero-order valence-corrected chi connectivity index (χ0v) is 12.7. The van der Waals surface area contributed by atoms with Crippen LogP contribution < -0.4 is 0 Å². The van der Waals surface area contributed by atoms with Gasteiger partial charge in [0.2, 0.25) is 5.91 Å². The molecule has 0 spiro atoms. The number of carbonyl (C=O) groups is 1. The van der Waals surface area contributed by atoms with Crippen LogP contribution in [0.3, 0.4) is 0 Å². The van der Waals surface area contributed by atoms with Crippen LogP contribution in [0.2, 0.25) is 0 Å². The minimum Gasteiger partial charge on any atom is -0.344 e. The molecule has 2 aromatic rings. The van der Waals surface area contributed by atoms with E-state index in [0.29, 0.717) is 6.42 Å². The van der Waals surface area contributed by atoms with Crippen molar-refractivity contribution in [3.63, 3.8) is 0 Å². The van der Waals surface area contributed by atoms with Crippen LogP contribution in [0.15, 0.2) is 18.3 Å². The summed E-state index contributed by atoms with van der Waals surface area (Å²) >= 11 is 1.71. The van der Waals surface area contributed by atoms with E-state index in [4.69, 9.17) is 0 Å². The van der Waals surface area contributed by atoms with E-state index in [-0.39, 0.29) is 11.9 Å². The molecule has 1 aliphatic heterocycles. The molecule has 1 atom stereocenters. The Bertz CT molecular complexity index is 616. The van der Waals surface area contributed by atoms with E-state index < -0.39 is 0 Å². The average Bonchev–Trinajstić information content (AvgIpc) is 3.09. The molecule has 3 rings (SSSR count). The third-order valence-corrected chi connectivity index (χ3v) is 4.73. The minimum absolute atomic E-state index is 0.122. The fraction of sp³-hybridized carbons (Fsp3) is 0.467. The van der Waals surface area contributed by atoms with Gasteiger partial charge in [0.15, 0.2) is 0 Å². The maximum Gasteiger partial charge on any atom is 0.228 e. The molecule has 0 aliphatic carbocycles. The van der Waals surface area contributed by atoms with Crippen molar-refractivity contribution >= 4 is 17.2 Å². The van der Waals surface area contributed by atoms with Gasteiger partial charge in [-0.3, -0.25) is 4.79 Å². The molecule has 4 nitrogen and oxygen atoms in total. The number of hydrogen-bond acceptors (Lipinski definition) is 3. The van der Waals surface area contributed by atoms with E-state index in [1.54, 1.807) is 11.3 Å². The number of rotatable bonds is 3. The highest BCUT2D eigenvalue weighted by molar-refractivity contribution is 7.12. The molecule has 1 aliphatic rings. The predicted molar refractivity (Wildman–Crippen MR) is 79.8 cm³/mol. The highest BCUT2D eigenvalue weighted by Crippen LogP contribution is 2.31. The van der Waals surface area contributed by atoms with Crippen LogP contribution in [0.5, 0.6) is 0 Å². The summed E-state index contributed by atoms with van der Waals surface area (Å²) in [6.07, 6.45) is 4.40. The number of aryl methyl sites for hydroxylation is 2. The van der Waals surface area contributed by atoms with Gasteiger partial charge in [0.1, 0.15) is 5.82 Å². The van der Waals surface area contributed by atoms with E-state index in [0.717, 1.165) is 35.8 Å². The number of amides is 1. The Morgan fingerprint density at radius 2 is 2.35 bits per heavy atom. The Morgan fingerprint density at radius 3 is 3.00 bits per heavy atom. The van der Waals surface area contributed by atoms with Crippen molar-refractivity contribution in [2.45, 2.75) is 39.2 Å². The number of H-pyrrole nitrogens is 1. The first kappa shape index (κ1) is 13.4. The van der Waals surface area contributed by atoms with Crippen LogP contribution in [0.1, 0.15) is 40.2 Å². The topological polar surface area (TPSA) is 49.0 Å². The molecule has 1 N–H and O–H groups in total. The smallest absolute Gasteiger partial charge is 0.228 e. The number of thiophene rings is 1. The van der Waals surface area contributed by atoms with Gasteiger partial charge in [0, 0.05) is 28.2 Å². The Labute approximate surface area is 122 Å². The fourth-order valence-corrected chi connectivity index (χ4v) is 3.66. The second-order valence-corrected chi connectivity index (χ2v) is 6.76. The second-order valence-electron chi connectivity index (χ2n) is 5.39. The van der Waals surface area contributed by atoms with E-state index in [9.17, 15) is 4.79 Å². The summed E-state index contributed by atoms with van der Waals surface area (Å²) < 4.78 is 0. The molecule has 1 unspecified atom stereocenters. The maximum atomic E-state index is 12.5. The zero-order chi connectivity index (χ0) is 14.1. The molecule has 0 saturated carbocycles. The summed E-state index contributed by atoms with van der Waals surface area (Å²) in [5.41, 5.74) is 1.05. The van der Waals surface area contributed by atoms with Crippen molar-refractivity contribution < 1.29 is 4.79 Å². The molecule has 5 heteroatoms. The Hall–Kier alpha value is -1.62. The van der Waals surface area contributed by atoms with Crippen molar-refractivity contribution in [1.82, 2.24) is 14.9 Å². The van der Waals surface area contributed by atoms with Crippen LogP contribution in [0.25, 0.3) is 0 Å². The average molecular weight is 289 g/mol. The lowest BCUT2D eigenvalue weighted by molar-refractivity contribution is -0.131. The van der Waals surface area contributed by atoms with E-state index in [2.05, 4.69) is 29.0 Å². The van der Waals surface area contributed by atoms with E-state index in [1.807, 2.05) is 18.0 Å². The number of nitrogens with one attached hydrogen (secondary N) is 1. The van der Waals surface area contributed by atoms with Crippen molar-refractivity contribution in [2.24, 2.45) is 0 Å². The van der Waals surface area contributed by atoms with Gasteiger partial charge >= 0.3 is 0 Å². The van der Waals surface area contributed by atoms with Crippen molar-refractivity contribution in [2.75, 3.05) is 6.54 Å². The number of aromatic amines is 1. The summed E-state index contributed by atoms with van der Waals surface area (Å²) in [6, 6.07) is 4.25. The SMILES string of the molecule is Cc1cnc(C2CCCN2C(=O)Cc2ccc(C)s2)[nH]1. The molecule has 0 radical (unpaired) electrons. The van der Waals surface area contributed by atoms with Crippen molar-refractivity contribution in [3.05, 3.63) is 39.6 Å². The molecule has 0 aromatic carbocycles. The summed E-state index contributed by atoms with van der Waals surface area (Å²) in [4.78, 5) is 24.6. The quantitative estimate of drug-likeness (QED) is 0.944.